The van der Waals surface area contributed by atoms with Crippen LogP contribution in [0.3, 0.4) is 0 Å². The van der Waals surface area contributed by atoms with Gasteiger partial charge in [0.05, 0.1) is 0 Å². The molecule has 1 fully saturated rings. The van der Waals surface area contributed by atoms with Gasteiger partial charge in [0.2, 0.25) is 0 Å². The standard InChI is InChI=1S/C20H19NO2/c1-3-14-21(15(2)16-10-6-4-7-11-16)20(22)19-18(23-19)17-12-8-5-9-13-17/h3-13,18-19H,1-2,14H2/t18-,19+/m0/s1. The average molecular weight is 305 g/mol. The lowest BCUT2D eigenvalue weighted by Crippen LogP contribution is -2.33. The van der Waals surface area contributed by atoms with Crippen LogP contribution in [-0.2, 0) is 9.53 Å². The monoisotopic (exact) mass is 305 g/mol. The molecule has 3 nitrogen and oxygen atoms in total. The minimum atomic E-state index is -0.446. The molecular formula is C20H19NO2. The van der Waals surface area contributed by atoms with E-state index in [1.165, 1.54) is 0 Å². The molecule has 1 amide bonds. The molecule has 23 heavy (non-hydrogen) atoms. The Bertz CT molecular complexity index is 709. The molecule has 3 heteroatoms. The summed E-state index contributed by atoms with van der Waals surface area (Å²) >= 11 is 0. The van der Waals surface area contributed by atoms with Crippen molar-refractivity contribution in [3.63, 3.8) is 0 Å². The molecule has 0 aromatic heterocycles. The van der Waals surface area contributed by atoms with Crippen LogP contribution in [0.4, 0.5) is 0 Å². The summed E-state index contributed by atoms with van der Waals surface area (Å²) in [5.74, 6) is -0.0763. The van der Waals surface area contributed by atoms with Crippen molar-refractivity contribution in [1.29, 1.82) is 0 Å². The maximum atomic E-state index is 12.8. The van der Waals surface area contributed by atoms with Crippen molar-refractivity contribution in [2.24, 2.45) is 0 Å². The second-order valence-corrected chi connectivity index (χ2v) is 5.44. The summed E-state index contributed by atoms with van der Waals surface area (Å²) in [5, 5.41) is 0. The average Bonchev–Trinajstić information content (AvgIpc) is 3.41. The van der Waals surface area contributed by atoms with Crippen molar-refractivity contribution in [1.82, 2.24) is 4.90 Å². The number of benzene rings is 2. The van der Waals surface area contributed by atoms with Crippen molar-refractivity contribution in [2.45, 2.75) is 12.2 Å². The number of hydrogen-bond acceptors (Lipinski definition) is 2. The van der Waals surface area contributed by atoms with Gasteiger partial charge in [-0.2, -0.15) is 0 Å². The molecule has 0 saturated carbocycles. The topological polar surface area (TPSA) is 32.8 Å². The lowest BCUT2D eigenvalue weighted by atomic mass is 10.1. The molecule has 0 unspecified atom stereocenters. The molecule has 2 aromatic carbocycles. The quantitative estimate of drug-likeness (QED) is 0.600. The predicted molar refractivity (Wildman–Crippen MR) is 91.4 cm³/mol. The normalized spacial score (nSPS) is 19.0. The number of epoxide rings is 1. The van der Waals surface area contributed by atoms with E-state index in [1.807, 2.05) is 60.7 Å². The fourth-order valence-electron chi connectivity index (χ4n) is 2.60. The Morgan fingerprint density at radius 3 is 2.30 bits per heavy atom. The Morgan fingerprint density at radius 1 is 1.09 bits per heavy atom. The van der Waals surface area contributed by atoms with Crippen LogP contribution in [-0.4, -0.2) is 23.5 Å². The maximum Gasteiger partial charge on any atom is 0.259 e. The molecule has 0 N–H and O–H groups in total. The fraction of sp³-hybridized carbons (Fsp3) is 0.150. The number of hydrogen-bond donors (Lipinski definition) is 0. The molecule has 1 aliphatic rings. The van der Waals surface area contributed by atoms with Crippen LogP contribution >= 0.6 is 0 Å². The van der Waals surface area contributed by atoms with E-state index in [1.54, 1.807) is 11.0 Å². The number of ether oxygens (including phenoxy) is 1. The summed E-state index contributed by atoms with van der Waals surface area (Å²) in [4.78, 5) is 14.4. The molecule has 1 aliphatic heterocycles. The van der Waals surface area contributed by atoms with Crippen molar-refractivity contribution in [3.05, 3.63) is 91.0 Å². The van der Waals surface area contributed by atoms with Gasteiger partial charge in [-0.1, -0.05) is 73.3 Å². The van der Waals surface area contributed by atoms with E-state index in [9.17, 15) is 4.79 Å². The van der Waals surface area contributed by atoms with Gasteiger partial charge < -0.3 is 9.64 Å². The summed E-state index contributed by atoms with van der Waals surface area (Å²) in [6.07, 6.45) is 1.09. The third-order valence-corrected chi connectivity index (χ3v) is 3.87. The molecule has 1 saturated heterocycles. The molecule has 116 valence electrons. The summed E-state index contributed by atoms with van der Waals surface area (Å²) in [6, 6.07) is 19.5. The van der Waals surface area contributed by atoms with Gasteiger partial charge >= 0.3 is 0 Å². The first kappa shape index (κ1) is 15.3. The van der Waals surface area contributed by atoms with Crippen LogP contribution in [0.1, 0.15) is 17.2 Å². The molecule has 1 heterocycles. The van der Waals surface area contributed by atoms with Gasteiger partial charge in [0, 0.05) is 12.2 Å². The largest absolute Gasteiger partial charge is 0.354 e. The van der Waals surface area contributed by atoms with Gasteiger partial charge in [-0.25, -0.2) is 0 Å². The van der Waals surface area contributed by atoms with Gasteiger partial charge in [0.15, 0.2) is 6.10 Å². The number of rotatable bonds is 6. The van der Waals surface area contributed by atoms with E-state index in [0.29, 0.717) is 12.2 Å². The van der Waals surface area contributed by atoms with Crippen LogP contribution in [0.25, 0.3) is 5.70 Å². The van der Waals surface area contributed by atoms with E-state index in [-0.39, 0.29) is 12.0 Å². The fourth-order valence-corrected chi connectivity index (χ4v) is 2.60. The summed E-state index contributed by atoms with van der Waals surface area (Å²) < 4.78 is 5.61. The van der Waals surface area contributed by atoms with Crippen LogP contribution in [0.2, 0.25) is 0 Å². The molecule has 3 rings (SSSR count). The van der Waals surface area contributed by atoms with Crippen LogP contribution < -0.4 is 0 Å². The van der Waals surface area contributed by atoms with Crippen LogP contribution in [0.5, 0.6) is 0 Å². The smallest absolute Gasteiger partial charge is 0.259 e. The predicted octanol–water partition coefficient (Wildman–Crippen LogP) is 3.81. The Balaban J connectivity index is 1.76. The Kier molecular flexibility index (Phi) is 4.40. The second kappa shape index (κ2) is 6.63. The molecule has 2 aromatic rings. The maximum absolute atomic E-state index is 12.8. The number of carbonyl (C=O) groups is 1. The zero-order valence-electron chi connectivity index (χ0n) is 12.9. The van der Waals surface area contributed by atoms with Gasteiger partial charge in [-0.15, -0.1) is 6.58 Å². The lowest BCUT2D eigenvalue weighted by molar-refractivity contribution is -0.128. The van der Waals surface area contributed by atoms with Crippen LogP contribution in [0.15, 0.2) is 79.9 Å². The van der Waals surface area contributed by atoms with E-state index in [4.69, 9.17) is 4.74 Å². The minimum absolute atomic E-state index is 0.0763. The van der Waals surface area contributed by atoms with Crippen molar-refractivity contribution >= 4 is 11.6 Å². The van der Waals surface area contributed by atoms with E-state index in [0.717, 1.165) is 11.1 Å². The SMILES string of the molecule is C=CCN(C(=C)c1ccccc1)C(=O)[C@@H]1O[C@H]1c1ccccc1. The third-order valence-electron chi connectivity index (χ3n) is 3.87. The molecule has 0 radical (unpaired) electrons. The Hall–Kier alpha value is -2.65. The van der Waals surface area contributed by atoms with Gasteiger partial charge in [0.1, 0.15) is 6.10 Å². The molecule has 2 atom stereocenters. The van der Waals surface area contributed by atoms with Crippen LogP contribution in [0, 0.1) is 0 Å². The van der Waals surface area contributed by atoms with E-state index in [2.05, 4.69) is 13.2 Å². The van der Waals surface area contributed by atoms with Gasteiger partial charge in [-0.3, -0.25) is 4.79 Å². The first-order valence-electron chi connectivity index (χ1n) is 7.59. The Labute approximate surface area is 136 Å². The third kappa shape index (κ3) is 3.25. The van der Waals surface area contributed by atoms with E-state index < -0.39 is 6.10 Å². The minimum Gasteiger partial charge on any atom is -0.354 e. The second-order valence-electron chi connectivity index (χ2n) is 5.44. The van der Waals surface area contributed by atoms with Gasteiger partial charge in [-0.05, 0) is 11.1 Å². The highest BCUT2D eigenvalue weighted by atomic mass is 16.6. The number of amides is 1. The molecule has 0 bridgehead atoms. The number of nitrogens with zero attached hydrogens (tertiary/aromatic N) is 1. The zero-order valence-corrected chi connectivity index (χ0v) is 12.9. The number of carbonyl (C=O) groups excluding carboxylic acids is 1. The van der Waals surface area contributed by atoms with Gasteiger partial charge in [0.25, 0.3) is 5.91 Å². The molecule has 0 spiro atoms. The van der Waals surface area contributed by atoms with Crippen molar-refractivity contribution in [3.8, 4) is 0 Å². The molecule has 0 aliphatic carbocycles. The van der Waals surface area contributed by atoms with Crippen molar-refractivity contribution in [2.75, 3.05) is 6.54 Å². The highest BCUT2D eigenvalue weighted by molar-refractivity contribution is 5.91. The lowest BCUT2D eigenvalue weighted by Gasteiger charge is -2.23. The Morgan fingerprint density at radius 2 is 1.70 bits per heavy atom. The zero-order chi connectivity index (χ0) is 16.2. The first-order chi connectivity index (χ1) is 11.2. The highest BCUT2D eigenvalue weighted by Crippen LogP contribution is 2.40. The summed E-state index contributed by atoms with van der Waals surface area (Å²) in [5.41, 5.74) is 2.60. The van der Waals surface area contributed by atoms with E-state index >= 15 is 0 Å². The summed E-state index contributed by atoms with van der Waals surface area (Å²) in [7, 11) is 0. The molecular weight excluding hydrogens is 286 g/mol. The highest BCUT2D eigenvalue weighted by Gasteiger charge is 2.48. The summed E-state index contributed by atoms with van der Waals surface area (Å²) in [6.45, 7) is 8.23. The van der Waals surface area contributed by atoms with Crippen molar-refractivity contribution < 1.29 is 9.53 Å². The first-order valence-corrected chi connectivity index (χ1v) is 7.59.